The Morgan fingerprint density at radius 3 is 2.62 bits per heavy atom. The van der Waals surface area contributed by atoms with Gasteiger partial charge in [-0.3, -0.25) is 4.99 Å². The van der Waals surface area contributed by atoms with Crippen LogP contribution in [-0.4, -0.2) is 36.1 Å². The second-order valence-corrected chi connectivity index (χ2v) is 6.21. The van der Waals surface area contributed by atoms with Crippen molar-refractivity contribution < 1.29 is 0 Å². The third kappa shape index (κ3) is 5.54. The predicted molar refractivity (Wildman–Crippen MR) is 113 cm³/mol. The molecule has 1 aromatic carbocycles. The number of nitrogens with zero attached hydrogens (tertiary/aromatic N) is 3. The van der Waals surface area contributed by atoms with Crippen molar-refractivity contribution in [3.8, 4) is 0 Å². The van der Waals surface area contributed by atoms with Crippen LogP contribution in [0.25, 0.3) is 0 Å². The van der Waals surface area contributed by atoms with Gasteiger partial charge in [-0.25, -0.2) is 0 Å². The van der Waals surface area contributed by atoms with Gasteiger partial charge in [0.2, 0.25) is 0 Å². The smallest absolute Gasteiger partial charge is 0.193 e. The van der Waals surface area contributed by atoms with Crippen LogP contribution in [-0.2, 0) is 13.6 Å². The summed E-state index contributed by atoms with van der Waals surface area (Å²) < 4.78 is 2.14. The largest absolute Gasteiger partial charge is 0.356 e. The molecule has 2 aromatic rings. The van der Waals surface area contributed by atoms with Crippen LogP contribution in [0.15, 0.2) is 47.6 Å². The molecule has 0 spiro atoms. The lowest BCUT2D eigenvalue weighted by molar-refractivity contribution is 0.459. The summed E-state index contributed by atoms with van der Waals surface area (Å²) in [5, 5.41) is 3.49. The Labute approximate surface area is 163 Å². The molecule has 0 fully saturated rings. The minimum atomic E-state index is 0. The van der Waals surface area contributed by atoms with Crippen molar-refractivity contribution in [3.63, 3.8) is 0 Å². The molecule has 0 aliphatic heterocycles. The van der Waals surface area contributed by atoms with Crippen molar-refractivity contribution >= 4 is 29.9 Å². The Morgan fingerprint density at radius 1 is 1.29 bits per heavy atom. The zero-order valence-corrected chi connectivity index (χ0v) is 17.6. The lowest BCUT2D eigenvalue weighted by atomic mass is 9.99. The Kier molecular flexibility index (Phi) is 8.31. The van der Waals surface area contributed by atoms with Gasteiger partial charge in [0.05, 0.1) is 6.54 Å². The average Bonchev–Trinajstić information content (AvgIpc) is 2.92. The molecule has 1 unspecified atom stereocenters. The number of guanidine groups is 1. The molecule has 5 heteroatoms. The van der Waals surface area contributed by atoms with E-state index in [1.54, 1.807) is 0 Å². The maximum absolute atomic E-state index is 4.40. The molecular weight excluding hydrogens is 411 g/mol. The molecule has 0 saturated carbocycles. The molecule has 2 rings (SSSR count). The van der Waals surface area contributed by atoms with Crippen molar-refractivity contribution in [2.75, 3.05) is 20.6 Å². The van der Waals surface area contributed by atoms with E-state index < -0.39 is 0 Å². The summed E-state index contributed by atoms with van der Waals surface area (Å²) in [7, 11) is 5.97. The van der Waals surface area contributed by atoms with Crippen LogP contribution < -0.4 is 5.32 Å². The first-order valence-corrected chi connectivity index (χ1v) is 8.09. The van der Waals surface area contributed by atoms with E-state index >= 15 is 0 Å². The topological polar surface area (TPSA) is 32.6 Å². The molecule has 132 valence electrons. The monoisotopic (exact) mass is 440 g/mol. The Bertz CT molecular complexity index is 663. The van der Waals surface area contributed by atoms with Gasteiger partial charge >= 0.3 is 0 Å². The summed E-state index contributed by atoms with van der Waals surface area (Å²) in [6, 6.07) is 12.9. The van der Waals surface area contributed by atoms with E-state index in [-0.39, 0.29) is 24.0 Å². The number of hydrogen-bond donors (Lipinski definition) is 1. The van der Waals surface area contributed by atoms with Gasteiger partial charge in [0.15, 0.2) is 5.96 Å². The van der Waals surface area contributed by atoms with Crippen LogP contribution >= 0.6 is 24.0 Å². The second kappa shape index (κ2) is 9.71. The van der Waals surface area contributed by atoms with Gasteiger partial charge in [-0.05, 0) is 30.5 Å². The van der Waals surface area contributed by atoms with Crippen molar-refractivity contribution in [2.24, 2.45) is 12.0 Å². The first-order chi connectivity index (χ1) is 11.0. The van der Waals surface area contributed by atoms with Crippen molar-refractivity contribution in [1.82, 2.24) is 14.8 Å². The lowest BCUT2D eigenvalue weighted by Gasteiger charge is -2.24. The van der Waals surface area contributed by atoms with Gasteiger partial charge in [0.1, 0.15) is 0 Å². The van der Waals surface area contributed by atoms with Gasteiger partial charge in [-0.2, -0.15) is 0 Å². The highest BCUT2D eigenvalue weighted by Gasteiger charge is 2.11. The SMILES string of the molecule is CN=C(NCC(C)c1cccc(C)c1)N(C)Cc1cccn1C.I. The molecule has 0 aliphatic carbocycles. The van der Waals surface area contributed by atoms with Gasteiger partial charge in [-0.15, -0.1) is 24.0 Å². The van der Waals surface area contributed by atoms with Crippen LogP contribution in [0.4, 0.5) is 0 Å². The lowest BCUT2D eigenvalue weighted by Crippen LogP contribution is -2.40. The van der Waals surface area contributed by atoms with Crippen molar-refractivity contribution in [3.05, 3.63) is 59.4 Å². The fraction of sp³-hybridized carbons (Fsp3) is 0.421. The van der Waals surface area contributed by atoms with E-state index in [1.807, 2.05) is 7.05 Å². The first-order valence-electron chi connectivity index (χ1n) is 8.09. The van der Waals surface area contributed by atoms with Crippen LogP contribution in [0.3, 0.4) is 0 Å². The fourth-order valence-corrected chi connectivity index (χ4v) is 2.70. The number of aromatic nitrogens is 1. The summed E-state index contributed by atoms with van der Waals surface area (Å²) in [4.78, 5) is 6.55. The Hall–Kier alpha value is -1.50. The summed E-state index contributed by atoms with van der Waals surface area (Å²) in [5.41, 5.74) is 3.93. The molecule has 0 amide bonds. The van der Waals surface area contributed by atoms with Crippen LogP contribution in [0.5, 0.6) is 0 Å². The van der Waals surface area contributed by atoms with Crippen LogP contribution in [0.1, 0.15) is 29.7 Å². The highest BCUT2D eigenvalue weighted by atomic mass is 127. The number of hydrogen-bond acceptors (Lipinski definition) is 1. The molecule has 0 bridgehead atoms. The van der Waals surface area contributed by atoms with E-state index in [4.69, 9.17) is 0 Å². The summed E-state index contributed by atoms with van der Waals surface area (Å²) in [6.07, 6.45) is 2.07. The minimum absolute atomic E-state index is 0. The number of aryl methyl sites for hydroxylation is 2. The molecular formula is C19H29IN4. The molecule has 0 radical (unpaired) electrons. The first kappa shape index (κ1) is 20.5. The van der Waals surface area contributed by atoms with Gasteiger partial charge in [0, 0.05) is 39.6 Å². The average molecular weight is 440 g/mol. The standard InChI is InChI=1S/C19H28N4.HI/c1-15-8-6-9-17(12-15)16(2)13-21-19(20-3)23(5)14-18-10-7-11-22(18)4;/h6-12,16H,13-14H2,1-5H3,(H,20,21);1H. The van der Waals surface area contributed by atoms with Gasteiger partial charge in [0.25, 0.3) is 0 Å². The fourth-order valence-electron chi connectivity index (χ4n) is 2.70. The maximum Gasteiger partial charge on any atom is 0.193 e. The van der Waals surface area contributed by atoms with Gasteiger partial charge in [-0.1, -0.05) is 36.8 Å². The number of rotatable bonds is 5. The third-order valence-electron chi connectivity index (χ3n) is 4.20. The van der Waals surface area contributed by atoms with E-state index in [0.29, 0.717) is 5.92 Å². The third-order valence-corrected chi connectivity index (χ3v) is 4.20. The van der Waals surface area contributed by atoms with Gasteiger partial charge < -0.3 is 14.8 Å². The summed E-state index contributed by atoms with van der Waals surface area (Å²) in [6.45, 7) is 6.08. The molecule has 0 saturated heterocycles. The molecule has 1 heterocycles. The predicted octanol–water partition coefficient (Wildman–Crippen LogP) is 3.76. The molecule has 1 aromatic heterocycles. The van der Waals surface area contributed by atoms with E-state index in [2.05, 4.69) is 90.3 Å². The number of benzene rings is 1. The van der Waals surface area contributed by atoms with E-state index in [1.165, 1.54) is 16.8 Å². The number of nitrogens with one attached hydrogen (secondary N) is 1. The van der Waals surface area contributed by atoms with Crippen molar-refractivity contribution in [2.45, 2.75) is 26.3 Å². The highest BCUT2D eigenvalue weighted by molar-refractivity contribution is 14.0. The Balaban J connectivity index is 0.00000288. The quantitative estimate of drug-likeness (QED) is 0.436. The van der Waals surface area contributed by atoms with Crippen molar-refractivity contribution in [1.29, 1.82) is 0 Å². The minimum Gasteiger partial charge on any atom is -0.356 e. The van der Waals surface area contributed by atoms with E-state index in [0.717, 1.165) is 19.0 Å². The molecule has 4 nitrogen and oxygen atoms in total. The zero-order chi connectivity index (χ0) is 16.8. The van der Waals surface area contributed by atoms with Crippen LogP contribution in [0, 0.1) is 6.92 Å². The maximum atomic E-state index is 4.40. The number of halogens is 1. The molecule has 1 atom stereocenters. The zero-order valence-electron chi connectivity index (χ0n) is 15.3. The summed E-state index contributed by atoms with van der Waals surface area (Å²) in [5.74, 6) is 1.36. The Morgan fingerprint density at radius 2 is 2.04 bits per heavy atom. The highest BCUT2D eigenvalue weighted by Crippen LogP contribution is 2.15. The number of aliphatic imine (C=N–C) groups is 1. The summed E-state index contributed by atoms with van der Waals surface area (Å²) >= 11 is 0. The second-order valence-electron chi connectivity index (χ2n) is 6.21. The van der Waals surface area contributed by atoms with E-state index in [9.17, 15) is 0 Å². The normalized spacial score (nSPS) is 12.5. The molecule has 24 heavy (non-hydrogen) atoms. The molecule has 1 N–H and O–H groups in total. The van der Waals surface area contributed by atoms with Crippen LogP contribution in [0.2, 0.25) is 0 Å². The molecule has 0 aliphatic rings.